The minimum absolute atomic E-state index is 0.120. The quantitative estimate of drug-likeness (QED) is 0.523. The molecule has 0 atom stereocenters. The highest BCUT2D eigenvalue weighted by Crippen LogP contribution is 2.31. The van der Waals surface area contributed by atoms with Crippen molar-refractivity contribution in [2.24, 2.45) is 0 Å². The van der Waals surface area contributed by atoms with Gasteiger partial charge in [-0.1, -0.05) is 18.2 Å². The molecule has 3 aromatic heterocycles. The largest absolute Gasteiger partial charge is 0.463 e. The van der Waals surface area contributed by atoms with Gasteiger partial charge >= 0.3 is 5.97 Å². The van der Waals surface area contributed by atoms with Gasteiger partial charge in [0.05, 0.1) is 18.9 Å². The number of fused-ring (bicyclic) bond motifs is 1. The van der Waals surface area contributed by atoms with E-state index in [1.54, 1.807) is 12.1 Å². The molecule has 3 heterocycles. The standard InChI is InChI=1S/C21H18N2O4S/c1-11-4-5-13(8-12(11)2)15-10-28-20-18(15)19(24)22-17(23-20)9-14-6-7-16(27-14)21(25)26-3/h4-8,10H,9H2,1-3H3,(H,22,23,24). The molecule has 0 fully saturated rings. The fourth-order valence-corrected chi connectivity index (χ4v) is 4.01. The van der Waals surface area contributed by atoms with Crippen molar-refractivity contribution < 1.29 is 13.9 Å². The van der Waals surface area contributed by atoms with Gasteiger partial charge < -0.3 is 14.1 Å². The molecular weight excluding hydrogens is 376 g/mol. The first-order chi connectivity index (χ1) is 13.5. The van der Waals surface area contributed by atoms with E-state index in [0.717, 1.165) is 11.1 Å². The van der Waals surface area contributed by atoms with Crippen LogP contribution in [0.25, 0.3) is 21.3 Å². The number of hydrogen-bond acceptors (Lipinski definition) is 6. The van der Waals surface area contributed by atoms with Crippen molar-refractivity contribution in [2.45, 2.75) is 20.3 Å². The third kappa shape index (κ3) is 3.25. The molecule has 0 amide bonds. The summed E-state index contributed by atoms with van der Waals surface area (Å²) in [4.78, 5) is 32.4. The van der Waals surface area contributed by atoms with Crippen LogP contribution in [0.4, 0.5) is 0 Å². The first kappa shape index (κ1) is 18.2. The fraction of sp³-hybridized carbons (Fsp3) is 0.190. The van der Waals surface area contributed by atoms with E-state index < -0.39 is 5.97 Å². The second-order valence-electron chi connectivity index (χ2n) is 6.58. The molecule has 4 aromatic rings. The number of aromatic amines is 1. The van der Waals surface area contributed by atoms with Crippen LogP contribution in [0.5, 0.6) is 0 Å². The second-order valence-corrected chi connectivity index (χ2v) is 7.43. The average Bonchev–Trinajstić information content (AvgIpc) is 3.31. The highest BCUT2D eigenvalue weighted by atomic mass is 32.1. The van der Waals surface area contributed by atoms with Crippen LogP contribution in [0.15, 0.2) is 44.9 Å². The number of thiophene rings is 1. The third-order valence-electron chi connectivity index (χ3n) is 4.70. The summed E-state index contributed by atoms with van der Waals surface area (Å²) >= 11 is 1.44. The Balaban J connectivity index is 1.70. The Morgan fingerprint density at radius 2 is 2.04 bits per heavy atom. The maximum absolute atomic E-state index is 12.8. The molecule has 0 saturated carbocycles. The number of nitrogens with zero attached hydrogens (tertiary/aromatic N) is 1. The Kier molecular flexibility index (Phi) is 4.60. The van der Waals surface area contributed by atoms with E-state index in [1.807, 2.05) is 11.4 Å². The number of carbonyl (C=O) groups excluding carboxylic acids is 1. The van der Waals surface area contributed by atoms with Gasteiger partial charge in [0, 0.05) is 10.9 Å². The zero-order valence-corrected chi connectivity index (χ0v) is 16.5. The summed E-state index contributed by atoms with van der Waals surface area (Å²) in [6, 6.07) is 9.38. The summed E-state index contributed by atoms with van der Waals surface area (Å²) in [7, 11) is 1.29. The van der Waals surface area contributed by atoms with E-state index in [0.29, 0.717) is 21.8 Å². The van der Waals surface area contributed by atoms with E-state index in [2.05, 4.69) is 40.7 Å². The Morgan fingerprint density at radius 1 is 1.21 bits per heavy atom. The molecule has 1 aromatic carbocycles. The molecule has 0 aliphatic heterocycles. The zero-order valence-electron chi connectivity index (χ0n) is 15.7. The first-order valence-corrected chi connectivity index (χ1v) is 9.59. The number of methoxy groups -OCH3 is 1. The lowest BCUT2D eigenvalue weighted by atomic mass is 10.0. The summed E-state index contributed by atoms with van der Waals surface area (Å²) in [6.07, 6.45) is 0.277. The number of aryl methyl sites for hydroxylation is 2. The van der Waals surface area contributed by atoms with Crippen molar-refractivity contribution in [3.63, 3.8) is 0 Å². The molecule has 142 valence electrons. The summed E-state index contributed by atoms with van der Waals surface area (Å²) < 4.78 is 10.1. The molecule has 0 bridgehead atoms. The molecule has 4 rings (SSSR count). The lowest BCUT2D eigenvalue weighted by Crippen LogP contribution is -2.11. The number of rotatable bonds is 4. The lowest BCUT2D eigenvalue weighted by Gasteiger charge is -2.04. The van der Waals surface area contributed by atoms with Crippen molar-refractivity contribution in [3.8, 4) is 11.1 Å². The van der Waals surface area contributed by atoms with Gasteiger partial charge in [0.25, 0.3) is 5.56 Å². The third-order valence-corrected chi connectivity index (χ3v) is 5.57. The Labute approximate surface area is 164 Å². The summed E-state index contributed by atoms with van der Waals surface area (Å²) in [5, 5.41) is 2.55. The molecule has 28 heavy (non-hydrogen) atoms. The first-order valence-electron chi connectivity index (χ1n) is 8.71. The predicted octanol–water partition coefficient (Wildman–Crippen LogP) is 4.24. The molecule has 0 aliphatic carbocycles. The minimum Gasteiger partial charge on any atom is -0.463 e. The van der Waals surface area contributed by atoms with Gasteiger partial charge in [0.2, 0.25) is 5.76 Å². The van der Waals surface area contributed by atoms with Crippen molar-refractivity contribution in [1.82, 2.24) is 9.97 Å². The maximum atomic E-state index is 12.8. The number of ether oxygens (including phenoxy) is 1. The van der Waals surface area contributed by atoms with Gasteiger partial charge in [-0.25, -0.2) is 9.78 Å². The number of hydrogen-bond donors (Lipinski definition) is 1. The smallest absolute Gasteiger partial charge is 0.373 e. The van der Waals surface area contributed by atoms with Crippen LogP contribution in [0, 0.1) is 13.8 Å². The van der Waals surface area contributed by atoms with Gasteiger partial charge in [-0.05, 0) is 42.7 Å². The monoisotopic (exact) mass is 394 g/mol. The normalized spacial score (nSPS) is 11.1. The predicted molar refractivity (Wildman–Crippen MR) is 108 cm³/mol. The van der Waals surface area contributed by atoms with Gasteiger partial charge in [-0.15, -0.1) is 11.3 Å². The molecular formula is C21H18N2O4S. The van der Waals surface area contributed by atoms with Crippen molar-refractivity contribution >= 4 is 27.5 Å². The molecule has 0 saturated heterocycles. The number of H-pyrrole nitrogens is 1. The highest BCUT2D eigenvalue weighted by molar-refractivity contribution is 7.17. The number of furan rings is 1. The molecule has 7 heteroatoms. The number of carbonyl (C=O) groups is 1. The molecule has 0 radical (unpaired) electrons. The van der Waals surface area contributed by atoms with Gasteiger partial charge in [-0.3, -0.25) is 4.79 Å². The van der Waals surface area contributed by atoms with Crippen LogP contribution < -0.4 is 5.56 Å². The van der Waals surface area contributed by atoms with Crippen LogP contribution in [-0.4, -0.2) is 23.0 Å². The van der Waals surface area contributed by atoms with Crippen LogP contribution in [0.3, 0.4) is 0 Å². The summed E-state index contributed by atoms with van der Waals surface area (Å²) in [6.45, 7) is 4.12. The van der Waals surface area contributed by atoms with Crippen LogP contribution in [-0.2, 0) is 11.2 Å². The van der Waals surface area contributed by atoms with Gasteiger partial charge in [0.15, 0.2) is 0 Å². The molecule has 0 aliphatic rings. The number of esters is 1. The number of benzene rings is 1. The molecule has 0 unspecified atom stereocenters. The molecule has 6 nitrogen and oxygen atoms in total. The van der Waals surface area contributed by atoms with E-state index in [9.17, 15) is 9.59 Å². The Morgan fingerprint density at radius 3 is 2.79 bits per heavy atom. The molecule has 1 N–H and O–H groups in total. The minimum atomic E-state index is -0.542. The van der Waals surface area contributed by atoms with Crippen molar-refractivity contribution in [3.05, 3.63) is 74.5 Å². The number of nitrogens with one attached hydrogen (secondary N) is 1. The van der Waals surface area contributed by atoms with Crippen molar-refractivity contribution in [2.75, 3.05) is 7.11 Å². The van der Waals surface area contributed by atoms with E-state index in [1.165, 1.54) is 29.6 Å². The lowest BCUT2D eigenvalue weighted by molar-refractivity contribution is 0.0563. The Bertz CT molecular complexity index is 1250. The molecule has 0 spiro atoms. The SMILES string of the molecule is COC(=O)c1ccc(Cc2nc3scc(-c4ccc(C)c(C)c4)c3c(=O)[nH]2)o1. The van der Waals surface area contributed by atoms with E-state index in [4.69, 9.17) is 4.42 Å². The summed E-state index contributed by atoms with van der Waals surface area (Å²) in [5.41, 5.74) is 4.09. The van der Waals surface area contributed by atoms with Gasteiger partial charge in [-0.2, -0.15) is 0 Å². The van der Waals surface area contributed by atoms with Crippen LogP contribution >= 0.6 is 11.3 Å². The fourth-order valence-electron chi connectivity index (χ4n) is 3.05. The zero-order chi connectivity index (χ0) is 19.8. The van der Waals surface area contributed by atoms with Gasteiger partial charge in [0.1, 0.15) is 16.4 Å². The van der Waals surface area contributed by atoms with E-state index >= 15 is 0 Å². The topological polar surface area (TPSA) is 85.2 Å². The number of aromatic nitrogens is 2. The average molecular weight is 394 g/mol. The second kappa shape index (κ2) is 7.09. The Hall–Kier alpha value is -3.19. The highest BCUT2D eigenvalue weighted by Gasteiger charge is 2.16. The van der Waals surface area contributed by atoms with Crippen LogP contribution in [0.1, 0.15) is 33.3 Å². The van der Waals surface area contributed by atoms with Crippen LogP contribution in [0.2, 0.25) is 0 Å². The summed E-state index contributed by atoms with van der Waals surface area (Å²) in [5.74, 6) is 0.583. The van der Waals surface area contributed by atoms with E-state index in [-0.39, 0.29) is 17.7 Å². The maximum Gasteiger partial charge on any atom is 0.373 e. The van der Waals surface area contributed by atoms with Crippen molar-refractivity contribution in [1.29, 1.82) is 0 Å².